The Labute approximate surface area is 222 Å². The normalized spacial score (nSPS) is 11.0. The van der Waals surface area contributed by atoms with Crippen molar-refractivity contribution in [2.24, 2.45) is 0 Å². The van der Waals surface area contributed by atoms with Crippen LogP contribution < -0.4 is 9.64 Å². The summed E-state index contributed by atoms with van der Waals surface area (Å²) in [6, 6.07) is 13.7. The number of aromatic nitrogens is 1. The molecule has 0 aliphatic rings. The Morgan fingerprint density at radius 3 is 2.50 bits per heavy atom. The van der Waals surface area contributed by atoms with E-state index in [1.54, 1.807) is 23.1 Å². The lowest BCUT2D eigenvalue weighted by Crippen LogP contribution is -2.38. The number of anilines is 1. The fourth-order valence-corrected chi connectivity index (χ4v) is 5.47. The average Bonchev–Trinajstić information content (AvgIpc) is 3.24. The van der Waals surface area contributed by atoms with Gasteiger partial charge in [-0.05, 0) is 74.7 Å². The van der Waals surface area contributed by atoms with Crippen LogP contribution in [0.15, 0.2) is 47.4 Å². The van der Waals surface area contributed by atoms with E-state index in [0.717, 1.165) is 57.9 Å². The molecule has 0 aliphatic carbocycles. The van der Waals surface area contributed by atoms with E-state index < -0.39 is 0 Å². The summed E-state index contributed by atoms with van der Waals surface area (Å²) < 4.78 is 6.67. The highest BCUT2D eigenvalue weighted by Gasteiger charge is 2.20. The standard InChI is InChI=1S/C25H32ClN3O2S2.ClH/c1-4-28(5-2)15-16-29(24(30)8-7-17-32-21-12-9-19(26)10-13-21)25-27-22-14-11-20(31-6-3)18-23(22)33-25;/h9-14,18H,4-8,15-17H2,1-3H3;1H. The maximum Gasteiger partial charge on any atom is 0.228 e. The van der Waals surface area contributed by atoms with E-state index in [4.69, 9.17) is 21.3 Å². The molecule has 0 unspecified atom stereocenters. The van der Waals surface area contributed by atoms with Crippen LogP contribution in [-0.4, -0.2) is 54.3 Å². The lowest BCUT2D eigenvalue weighted by Gasteiger charge is -2.24. The van der Waals surface area contributed by atoms with Gasteiger partial charge in [0.2, 0.25) is 5.91 Å². The first-order valence-electron chi connectivity index (χ1n) is 11.5. The summed E-state index contributed by atoms with van der Waals surface area (Å²) in [5.41, 5.74) is 0.900. The Morgan fingerprint density at radius 2 is 1.82 bits per heavy atom. The number of thiazole rings is 1. The van der Waals surface area contributed by atoms with Gasteiger partial charge in [0.05, 0.1) is 16.8 Å². The minimum Gasteiger partial charge on any atom is -0.494 e. The van der Waals surface area contributed by atoms with Gasteiger partial charge in [-0.25, -0.2) is 4.98 Å². The first-order chi connectivity index (χ1) is 16.0. The Kier molecular flexibility index (Phi) is 12.5. The molecule has 0 saturated carbocycles. The molecule has 5 nitrogen and oxygen atoms in total. The highest BCUT2D eigenvalue weighted by molar-refractivity contribution is 7.99. The van der Waals surface area contributed by atoms with Crippen molar-refractivity contribution in [1.29, 1.82) is 0 Å². The number of amides is 1. The number of likely N-dealkylation sites (N-methyl/N-ethyl adjacent to an activating group) is 1. The Balaban J connectivity index is 0.00000408. The molecular formula is C25H33Cl2N3O2S2. The van der Waals surface area contributed by atoms with Crippen LogP contribution in [0.2, 0.25) is 5.02 Å². The highest BCUT2D eigenvalue weighted by atomic mass is 35.5. The number of benzene rings is 2. The number of carbonyl (C=O) groups excluding carboxylic acids is 1. The first-order valence-corrected chi connectivity index (χ1v) is 13.7. The van der Waals surface area contributed by atoms with Crippen LogP contribution >= 0.6 is 47.1 Å². The third kappa shape index (κ3) is 8.31. The molecule has 34 heavy (non-hydrogen) atoms. The SMILES string of the molecule is CCOc1ccc2nc(N(CCN(CC)CC)C(=O)CCCSc3ccc(Cl)cc3)sc2c1.Cl. The molecule has 9 heteroatoms. The zero-order chi connectivity index (χ0) is 23.6. The molecule has 1 amide bonds. The van der Waals surface area contributed by atoms with Gasteiger partial charge in [0.25, 0.3) is 0 Å². The third-order valence-corrected chi connectivity index (χ3v) is 7.73. The summed E-state index contributed by atoms with van der Waals surface area (Å²) in [5.74, 6) is 1.85. The van der Waals surface area contributed by atoms with Gasteiger partial charge < -0.3 is 9.64 Å². The number of nitrogens with zero attached hydrogens (tertiary/aromatic N) is 3. The summed E-state index contributed by atoms with van der Waals surface area (Å²) in [5, 5.41) is 1.50. The van der Waals surface area contributed by atoms with E-state index >= 15 is 0 Å². The molecule has 3 rings (SSSR count). The van der Waals surface area contributed by atoms with Crippen molar-refractivity contribution in [3.63, 3.8) is 0 Å². The third-order valence-electron chi connectivity index (χ3n) is 5.34. The van der Waals surface area contributed by atoms with E-state index in [0.29, 0.717) is 19.6 Å². The molecule has 0 N–H and O–H groups in total. The van der Waals surface area contributed by atoms with Gasteiger partial charge in [0.1, 0.15) is 5.75 Å². The molecule has 0 atom stereocenters. The number of fused-ring (bicyclic) bond motifs is 1. The molecule has 0 aliphatic heterocycles. The highest BCUT2D eigenvalue weighted by Crippen LogP contribution is 2.32. The fourth-order valence-electron chi connectivity index (χ4n) is 3.45. The Morgan fingerprint density at radius 1 is 1.09 bits per heavy atom. The molecule has 3 aromatic rings. The molecular weight excluding hydrogens is 509 g/mol. The lowest BCUT2D eigenvalue weighted by molar-refractivity contribution is -0.118. The monoisotopic (exact) mass is 541 g/mol. The van der Waals surface area contributed by atoms with Crippen molar-refractivity contribution < 1.29 is 9.53 Å². The zero-order valence-electron chi connectivity index (χ0n) is 20.0. The number of ether oxygens (including phenoxy) is 1. The molecule has 2 aromatic carbocycles. The lowest BCUT2D eigenvalue weighted by atomic mass is 10.3. The molecule has 1 heterocycles. The van der Waals surface area contributed by atoms with Gasteiger partial charge in [-0.15, -0.1) is 24.2 Å². The van der Waals surface area contributed by atoms with Crippen molar-refractivity contribution in [1.82, 2.24) is 9.88 Å². The van der Waals surface area contributed by atoms with Crippen LogP contribution in [0.25, 0.3) is 10.2 Å². The van der Waals surface area contributed by atoms with E-state index in [-0.39, 0.29) is 18.3 Å². The number of hydrogen-bond acceptors (Lipinski definition) is 6. The smallest absolute Gasteiger partial charge is 0.228 e. The van der Waals surface area contributed by atoms with E-state index in [1.807, 2.05) is 54.3 Å². The zero-order valence-corrected chi connectivity index (χ0v) is 23.2. The van der Waals surface area contributed by atoms with Crippen LogP contribution in [0.5, 0.6) is 5.75 Å². The summed E-state index contributed by atoms with van der Waals surface area (Å²) in [7, 11) is 0. The number of thioether (sulfide) groups is 1. The maximum absolute atomic E-state index is 13.3. The van der Waals surface area contributed by atoms with Crippen molar-refractivity contribution >= 4 is 68.4 Å². The fraction of sp³-hybridized carbons (Fsp3) is 0.440. The number of halogens is 2. The number of carbonyl (C=O) groups is 1. The Bertz CT molecular complexity index is 1030. The molecule has 0 radical (unpaired) electrons. The van der Waals surface area contributed by atoms with Crippen LogP contribution in [0.3, 0.4) is 0 Å². The molecule has 186 valence electrons. The summed E-state index contributed by atoms with van der Waals surface area (Å²) >= 11 is 9.26. The van der Waals surface area contributed by atoms with Crippen LogP contribution in [0.4, 0.5) is 5.13 Å². The van der Waals surface area contributed by atoms with E-state index in [2.05, 4.69) is 18.7 Å². The topological polar surface area (TPSA) is 45.7 Å². The largest absolute Gasteiger partial charge is 0.494 e. The van der Waals surface area contributed by atoms with Crippen LogP contribution in [0.1, 0.15) is 33.6 Å². The summed E-state index contributed by atoms with van der Waals surface area (Å²) in [6.07, 6.45) is 1.31. The first kappa shape index (κ1) is 28.7. The minimum atomic E-state index is 0. The molecule has 0 spiro atoms. The van der Waals surface area contributed by atoms with Crippen molar-refractivity contribution in [3.8, 4) is 5.75 Å². The second-order valence-corrected chi connectivity index (χ2v) is 10.2. The minimum absolute atomic E-state index is 0. The van der Waals surface area contributed by atoms with Gasteiger partial charge in [-0.3, -0.25) is 9.69 Å². The van der Waals surface area contributed by atoms with Gasteiger partial charge in [-0.2, -0.15) is 0 Å². The van der Waals surface area contributed by atoms with Gasteiger partial charge in [-0.1, -0.05) is 36.8 Å². The Hall–Kier alpha value is -1.51. The van der Waals surface area contributed by atoms with Gasteiger partial charge in [0.15, 0.2) is 5.13 Å². The summed E-state index contributed by atoms with van der Waals surface area (Å²) in [4.78, 5) is 23.4. The predicted octanol–water partition coefficient (Wildman–Crippen LogP) is 7.02. The predicted molar refractivity (Wildman–Crippen MR) is 150 cm³/mol. The average molecular weight is 543 g/mol. The molecule has 0 fully saturated rings. The van der Waals surface area contributed by atoms with E-state index in [1.165, 1.54) is 4.90 Å². The second-order valence-electron chi connectivity index (χ2n) is 7.54. The molecule has 0 saturated heterocycles. The van der Waals surface area contributed by atoms with Crippen LogP contribution in [0, 0.1) is 0 Å². The van der Waals surface area contributed by atoms with Gasteiger partial charge in [0, 0.05) is 29.4 Å². The van der Waals surface area contributed by atoms with Gasteiger partial charge >= 0.3 is 0 Å². The van der Waals surface area contributed by atoms with Crippen LogP contribution in [-0.2, 0) is 4.79 Å². The molecule has 1 aromatic heterocycles. The molecule has 0 bridgehead atoms. The van der Waals surface area contributed by atoms with Crippen molar-refractivity contribution in [2.75, 3.05) is 43.4 Å². The number of rotatable bonds is 13. The maximum atomic E-state index is 13.3. The second kappa shape index (κ2) is 14.8. The number of hydrogen-bond donors (Lipinski definition) is 0. The summed E-state index contributed by atoms with van der Waals surface area (Å²) in [6.45, 7) is 10.3. The van der Waals surface area contributed by atoms with Crippen molar-refractivity contribution in [2.45, 2.75) is 38.5 Å². The quantitative estimate of drug-likeness (QED) is 0.172. The van der Waals surface area contributed by atoms with Crippen molar-refractivity contribution in [3.05, 3.63) is 47.5 Å². The van der Waals surface area contributed by atoms with E-state index in [9.17, 15) is 4.79 Å².